The number of halogens is 3. The van der Waals surface area contributed by atoms with Crippen molar-refractivity contribution in [2.24, 2.45) is 0 Å². The van der Waals surface area contributed by atoms with Crippen molar-refractivity contribution in [1.82, 2.24) is 0 Å². The van der Waals surface area contributed by atoms with Gasteiger partial charge in [-0.2, -0.15) is 0 Å². The fourth-order valence-corrected chi connectivity index (χ4v) is 4.34. The SMILES string of the molecule is CCOC(=O)OC(C(Cl)(Cl)Cl)P(=S)(OC)OC. The third-order valence-electron chi connectivity index (χ3n) is 1.55. The number of carbonyl (C=O) groups excluding carboxylic acids is 1. The maximum Gasteiger partial charge on any atom is 0.509 e. The van der Waals surface area contributed by atoms with Crippen molar-refractivity contribution < 1.29 is 23.3 Å². The zero-order valence-corrected chi connectivity index (χ0v) is 13.3. The van der Waals surface area contributed by atoms with Gasteiger partial charge in [0.15, 0.2) is 0 Å². The molecule has 0 aromatic carbocycles. The molecule has 102 valence electrons. The molecule has 17 heavy (non-hydrogen) atoms. The Bertz CT molecular complexity index is 300. The van der Waals surface area contributed by atoms with E-state index < -0.39 is 22.3 Å². The molecule has 1 unspecified atom stereocenters. The topological polar surface area (TPSA) is 54.0 Å². The van der Waals surface area contributed by atoms with Crippen LogP contribution in [0.1, 0.15) is 6.92 Å². The number of alkyl halides is 3. The monoisotopic (exact) mass is 344 g/mol. The van der Waals surface area contributed by atoms with E-state index >= 15 is 0 Å². The molecule has 10 heteroatoms. The highest BCUT2D eigenvalue weighted by molar-refractivity contribution is 8.10. The molecule has 0 aliphatic rings. The molecule has 0 saturated carbocycles. The average Bonchev–Trinajstić information content (AvgIpc) is 2.24. The molecule has 0 amide bonds. The van der Waals surface area contributed by atoms with Crippen LogP contribution in [0.15, 0.2) is 0 Å². The summed E-state index contributed by atoms with van der Waals surface area (Å²) in [6, 6.07) is 0. The van der Waals surface area contributed by atoms with Gasteiger partial charge >= 0.3 is 6.16 Å². The third-order valence-corrected chi connectivity index (χ3v) is 6.15. The van der Waals surface area contributed by atoms with E-state index in [1.54, 1.807) is 6.92 Å². The molecule has 0 saturated heterocycles. The molecule has 0 bridgehead atoms. The summed E-state index contributed by atoms with van der Waals surface area (Å²) >= 11 is 22.1. The fraction of sp³-hybridized carbons (Fsp3) is 0.857. The van der Waals surface area contributed by atoms with Gasteiger partial charge in [0.1, 0.15) is 0 Å². The van der Waals surface area contributed by atoms with Crippen LogP contribution >= 0.6 is 41.3 Å². The summed E-state index contributed by atoms with van der Waals surface area (Å²) in [5, 5.41) is 0. The zero-order valence-electron chi connectivity index (χ0n) is 9.32. The first kappa shape index (κ1) is 17.7. The van der Waals surface area contributed by atoms with Gasteiger partial charge in [-0.05, 0) is 18.7 Å². The minimum Gasteiger partial charge on any atom is -0.435 e. The van der Waals surface area contributed by atoms with Crippen LogP contribution in [0.4, 0.5) is 4.79 Å². The maximum atomic E-state index is 11.2. The quantitative estimate of drug-likeness (QED) is 0.432. The molecule has 0 fully saturated rings. The third kappa shape index (κ3) is 5.47. The largest absolute Gasteiger partial charge is 0.509 e. The molecule has 1 atom stereocenters. The Morgan fingerprint density at radius 2 is 1.82 bits per heavy atom. The van der Waals surface area contributed by atoms with E-state index in [2.05, 4.69) is 4.74 Å². The van der Waals surface area contributed by atoms with Gasteiger partial charge in [0.2, 0.25) is 16.1 Å². The Hall–Kier alpha value is 0.710. The van der Waals surface area contributed by atoms with Crippen molar-refractivity contribution in [2.75, 3.05) is 20.8 Å². The first-order valence-corrected chi connectivity index (χ1v) is 8.16. The summed E-state index contributed by atoms with van der Waals surface area (Å²) in [5.74, 6) is -1.36. The van der Waals surface area contributed by atoms with Gasteiger partial charge in [-0.1, -0.05) is 34.8 Å². The standard InChI is InChI=1S/C7H12Cl3O5PS/c1-4-14-6(11)15-5(7(8,9)10)16(17,12-2)13-3/h5H,4H2,1-3H3. The van der Waals surface area contributed by atoms with E-state index in [0.717, 1.165) is 0 Å². The van der Waals surface area contributed by atoms with Crippen LogP contribution in [0.3, 0.4) is 0 Å². The van der Waals surface area contributed by atoms with Crippen LogP contribution < -0.4 is 0 Å². The van der Waals surface area contributed by atoms with E-state index in [-0.39, 0.29) is 6.61 Å². The van der Waals surface area contributed by atoms with Gasteiger partial charge in [-0.25, -0.2) is 4.79 Å². The minimum atomic E-state index is -3.08. The van der Waals surface area contributed by atoms with Gasteiger partial charge < -0.3 is 18.5 Å². The highest BCUT2D eigenvalue weighted by Crippen LogP contribution is 2.59. The second kappa shape index (κ2) is 7.34. The number of hydrogen-bond acceptors (Lipinski definition) is 6. The predicted molar refractivity (Wildman–Crippen MR) is 70.5 cm³/mol. The highest BCUT2D eigenvalue weighted by Gasteiger charge is 2.48. The van der Waals surface area contributed by atoms with Crippen LogP contribution in [0.25, 0.3) is 0 Å². The van der Waals surface area contributed by atoms with Gasteiger partial charge in [0.25, 0.3) is 0 Å². The van der Waals surface area contributed by atoms with Crippen LogP contribution in [0.2, 0.25) is 0 Å². The lowest BCUT2D eigenvalue weighted by Gasteiger charge is -2.31. The van der Waals surface area contributed by atoms with E-state index in [4.69, 9.17) is 60.4 Å². The number of ether oxygens (including phenoxy) is 2. The number of carbonyl (C=O) groups is 1. The maximum absolute atomic E-state index is 11.2. The van der Waals surface area contributed by atoms with Crippen LogP contribution in [-0.2, 0) is 30.3 Å². The normalized spacial score (nSPS) is 14.2. The van der Waals surface area contributed by atoms with Gasteiger partial charge in [-0.3, -0.25) is 0 Å². The Morgan fingerprint density at radius 3 is 2.12 bits per heavy atom. The summed E-state index contributed by atoms with van der Waals surface area (Å²) in [5.41, 5.74) is 0. The number of hydrogen-bond donors (Lipinski definition) is 0. The Balaban J connectivity index is 5.03. The summed E-state index contributed by atoms with van der Waals surface area (Å²) < 4.78 is 17.4. The highest BCUT2D eigenvalue weighted by atomic mass is 35.6. The Kier molecular flexibility index (Phi) is 7.64. The first-order chi connectivity index (χ1) is 7.71. The molecule has 0 rings (SSSR count). The lowest BCUT2D eigenvalue weighted by atomic mass is 10.8. The summed E-state index contributed by atoms with van der Waals surface area (Å²) in [6.45, 7) is -1.35. The molecule has 0 aliphatic carbocycles. The van der Waals surface area contributed by atoms with Gasteiger partial charge in [-0.15, -0.1) is 0 Å². The summed E-state index contributed by atoms with van der Waals surface area (Å²) in [4.78, 5) is 11.2. The van der Waals surface area contributed by atoms with Gasteiger partial charge in [0.05, 0.1) is 6.61 Å². The van der Waals surface area contributed by atoms with E-state index in [0.29, 0.717) is 0 Å². The van der Waals surface area contributed by atoms with E-state index in [1.165, 1.54) is 14.2 Å². The fourth-order valence-electron chi connectivity index (χ4n) is 0.820. The zero-order chi connectivity index (χ0) is 13.7. The number of rotatable bonds is 5. The minimum absolute atomic E-state index is 0.119. The lowest BCUT2D eigenvalue weighted by Crippen LogP contribution is -2.32. The first-order valence-electron chi connectivity index (χ1n) is 4.32. The van der Waals surface area contributed by atoms with Crippen LogP contribution in [-0.4, -0.2) is 36.6 Å². The predicted octanol–water partition coefficient (Wildman–Crippen LogP) is 3.46. The van der Waals surface area contributed by atoms with Crippen molar-refractivity contribution in [3.8, 4) is 0 Å². The van der Waals surface area contributed by atoms with Gasteiger partial charge in [0, 0.05) is 14.2 Å². The van der Waals surface area contributed by atoms with Crippen molar-refractivity contribution in [3.05, 3.63) is 0 Å². The summed E-state index contributed by atoms with van der Waals surface area (Å²) in [7, 11) is 2.56. The van der Waals surface area contributed by atoms with Crippen molar-refractivity contribution in [1.29, 1.82) is 0 Å². The lowest BCUT2D eigenvalue weighted by molar-refractivity contribution is 0.0442. The molecule has 5 nitrogen and oxygen atoms in total. The molecular formula is C7H12Cl3O5PS. The van der Waals surface area contributed by atoms with Crippen molar-refractivity contribution >= 4 is 59.3 Å². The van der Waals surface area contributed by atoms with Crippen molar-refractivity contribution in [2.45, 2.75) is 16.6 Å². The molecule has 0 heterocycles. The second-order valence-corrected chi connectivity index (χ2v) is 8.77. The summed E-state index contributed by atoms with van der Waals surface area (Å²) in [6.07, 6.45) is -1.01. The van der Waals surface area contributed by atoms with Crippen LogP contribution in [0, 0.1) is 0 Å². The molecule has 0 spiro atoms. The van der Waals surface area contributed by atoms with Crippen LogP contribution in [0.5, 0.6) is 0 Å². The molecular weight excluding hydrogens is 333 g/mol. The smallest absolute Gasteiger partial charge is 0.435 e. The Labute approximate surface area is 120 Å². The Morgan fingerprint density at radius 1 is 1.35 bits per heavy atom. The second-order valence-electron chi connectivity index (χ2n) is 2.60. The molecule has 0 aromatic rings. The average molecular weight is 346 g/mol. The molecule has 0 radical (unpaired) electrons. The van der Waals surface area contributed by atoms with E-state index in [1.807, 2.05) is 0 Å². The molecule has 0 aliphatic heterocycles. The molecule has 0 aromatic heterocycles. The molecule has 0 N–H and O–H groups in total. The van der Waals surface area contributed by atoms with Crippen molar-refractivity contribution in [3.63, 3.8) is 0 Å². The van der Waals surface area contributed by atoms with E-state index in [9.17, 15) is 4.79 Å².